The first kappa shape index (κ1) is 20.9. The van der Waals surface area contributed by atoms with Crippen molar-refractivity contribution in [3.8, 4) is 0 Å². The molecule has 1 aromatic carbocycles. The van der Waals surface area contributed by atoms with Crippen LogP contribution in [-0.2, 0) is 30.3 Å². The summed E-state index contributed by atoms with van der Waals surface area (Å²) in [5.41, 5.74) is 2.08. The molecule has 0 bridgehead atoms. The molecule has 1 heterocycles. The fourth-order valence-electron chi connectivity index (χ4n) is 2.72. The molecule has 0 saturated carbocycles. The normalized spacial score (nSPS) is 16.9. The van der Waals surface area contributed by atoms with Crippen molar-refractivity contribution in [1.82, 2.24) is 4.90 Å². The molecule has 1 atom stereocenters. The quantitative estimate of drug-likeness (QED) is 0.431. The van der Waals surface area contributed by atoms with Crippen LogP contribution < -0.4 is 0 Å². The van der Waals surface area contributed by atoms with Gasteiger partial charge in [0.15, 0.2) is 6.04 Å². The van der Waals surface area contributed by atoms with Gasteiger partial charge in [-0.15, -0.1) is 0 Å². The number of hydrogen-bond acceptors (Lipinski definition) is 6. The average Bonchev–Trinajstić information content (AvgIpc) is 3.06. The Kier molecular flexibility index (Phi) is 6.98. The van der Waals surface area contributed by atoms with Crippen LogP contribution >= 0.6 is 0 Å². The molecule has 1 aromatic rings. The molecule has 0 saturated heterocycles. The molecule has 148 valence electrons. The number of ether oxygens (including phenoxy) is 4. The minimum Gasteiger partial charge on any atom is -0.467 e. The summed E-state index contributed by atoms with van der Waals surface area (Å²) in [4.78, 5) is 26.1. The first-order valence-corrected chi connectivity index (χ1v) is 8.69. The number of rotatable bonds is 6. The van der Waals surface area contributed by atoms with E-state index in [2.05, 4.69) is 0 Å². The molecule has 27 heavy (non-hydrogen) atoms. The van der Waals surface area contributed by atoms with Crippen LogP contribution in [0, 0.1) is 0 Å². The second-order valence-corrected chi connectivity index (χ2v) is 7.22. The van der Waals surface area contributed by atoms with E-state index in [1.807, 2.05) is 24.3 Å². The third kappa shape index (κ3) is 5.80. The van der Waals surface area contributed by atoms with Gasteiger partial charge in [0.2, 0.25) is 0 Å². The molecule has 0 aliphatic carbocycles. The summed E-state index contributed by atoms with van der Waals surface area (Å²) in [7, 11) is 2.87. The monoisotopic (exact) mass is 377 g/mol. The fourth-order valence-corrected chi connectivity index (χ4v) is 2.72. The standard InChI is InChI=1S/C20H27NO6/c1-20(2,3)27-19(23)21-11-16(10-17(21)18(22)25-5)15-8-6-7-14(9-15)12-26-13-24-4/h6-10,17H,11-13H2,1-5H3. The van der Waals surface area contributed by atoms with Crippen LogP contribution in [0.3, 0.4) is 0 Å². The predicted octanol–water partition coefficient (Wildman–Crippen LogP) is 2.98. The Labute approximate surface area is 159 Å². The lowest BCUT2D eigenvalue weighted by Gasteiger charge is -2.27. The average molecular weight is 377 g/mol. The number of amides is 1. The second kappa shape index (κ2) is 9.01. The molecular weight excluding hydrogens is 350 g/mol. The van der Waals surface area contributed by atoms with Crippen LogP contribution in [0.5, 0.6) is 0 Å². The summed E-state index contributed by atoms with van der Waals surface area (Å²) < 4.78 is 20.5. The van der Waals surface area contributed by atoms with E-state index < -0.39 is 23.7 Å². The topological polar surface area (TPSA) is 74.3 Å². The number of carbonyl (C=O) groups is 2. The van der Waals surface area contributed by atoms with E-state index in [9.17, 15) is 9.59 Å². The smallest absolute Gasteiger partial charge is 0.411 e. The van der Waals surface area contributed by atoms with Crippen molar-refractivity contribution in [2.24, 2.45) is 0 Å². The van der Waals surface area contributed by atoms with Crippen molar-refractivity contribution in [2.75, 3.05) is 27.6 Å². The summed E-state index contributed by atoms with van der Waals surface area (Å²) in [5.74, 6) is -0.504. The van der Waals surface area contributed by atoms with Gasteiger partial charge in [-0.1, -0.05) is 18.2 Å². The molecule has 7 heteroatoms. The van der Waals surface area contributed by atoms with Gasteiger partial charge in [0.05, 0.1) is 20.3 Å². The van der Waals surface area contributed by atoms with Crippen LogP contribution in [0.1, 0.15) is 31.9 Å². The van der Waals surface area contributed by atoms with Gasteiger partial charge in [-0.2, -0.15) is 0 Å². The van der Waals surface area contributed by atoms with Gasteiger partial charge in [0.25, 0.3) is 0 Å². The zero-order valence-corrected chi connectivity index (χ0v) is 16.5. The Hall–Kier alpha value is -2.38. The maximum absolute atomic E-state index is 12.5. The molecular formula is C20H27NO6. The van der Waals surface area contributed by atoms with Crippen LogP contribution in [0.25, 0.3) is 5.57 Å². The minimum absolute atomic E-state index is 0.212. The van der Waals surface area contributed by atoms with Crippen molar-refractivity contribution < 1.29 is 28.5 Å². The molecule has 1 aliphatic heterocycles. The van der Waals surface area contributed by atoms with Crippen LogP contribution in [0.2, 0.25) is 0 Å². The lowest BCUT2D eigenvalue weighted by atomic mass is 10.0. The lowest BCUT2D eigenvalue weighted by molar-refractivity contribution is -0.144. The summed E-state index contributed by atoms with van der Waals surface area (Å²) in [6, 6.07) is 6.93. The highest BCUT2D eigenvalue weighted by atomic mass is 16.7. The van der Waals surface area contributed by atoms with E-state index in [4.69, 9.17) is 18.9 Å². The van der Waals surface area contributed by atoms with Crippen molar-refractivity contribution in [1.29, 1.82) is 0 Å². The fraction of sp³-hybridized carbons (Fsp3) is 0.500. The number of hydrogen-bond donors (Lipinski definition) is 0. The molecule has 0 fully saturated rings. The van der Waals surface area contributed by atoms with E-state index in [0.717, 1.165) is 16.7 Å². The number of esters is 1. The molecule has 0 spiro atoms. The van der Waals surface area contributed by atoms with Crippen LogP contribution in [0.4, 0.5) is 4.79 Å². The maximum atomic E-state index is 12.5. The SMILES string of the molecule is COCOCc1cccc(C2=CC(C(=O)OC)N(C(=O)OC(C)(C)C)C2)c1. The molecule has 2 rings (SSSR count). The summed E-state index contributed by atoms with van der Waals surface area (Å²) in [6.07, 6.45) is 1.19. The van der Waals surface area contributed by atoms with Gasteiger partial charge in [0.1, 0.15) is 12.4 Å². The number of methoxy groups -OCH3 is 2. The van der Waals surface area contributed by atoms with Crippen molar-refractivity contribution in [3.05, 3.63) is 41.5 Å². The number of carbonyl (C=O) groups excluding carboxylic acids is 2. The van der Waals surface area contributed by atoms with Gasteiger partial charge in [0, 0.05) is 7.11 Å². The Morgan fingerprint density at radius 2 is 1.96 bits per heavy atom. The van der Waals surface area contributed by atoms with Crippen molar-refractivity contribution in [2.45, 2.75) is 39.0 Å². The molecule has 1 amide bonds. The highest BCUT2D eigenvalue weighted by molar-refractivity contribution is 5.90. The van der Waals surface area contributed by atoms with E-state index >= 15 is 0 Å². The molecule has 0 N–H and O–H groups in total. The van der Waals surface area contributed by atoms with E-state index in [1.165, 1.54) is 12.0 Å². The van der Waals surface area contributed by atoms with Gasteiger partial charge < -0.3 is 18.9 Å². The van der Waals surface area contributed by atoms with E-state index in [0.29, 0.717) is 6.61 Å². The summed E-state index contributed by atoms with van der Waals surface area (Å²) in [5, 5.41) is 0. The molecule has 0 aromatic heterocycles. The minimum atomic E-state index is -0.812. The highest BCUT2D eigenvalue weighted by Gasteiger charge is 2.37. The second-order valence-electron chi connectivity index (χ2n) is 7.22. The first-order chi connectivity index (χ1) is 12.7. The third-order valence-corrected chi connectivity index (χ3v) is 3.87. The largest absolute Gasteiger partial charge is 0.467 e. The molecule has 0 radical (unpaired) electrons. The van der Waals surface area contributed by atoms with Gasteiger partial charge in [-0.3, -0.25) is 4.90 Å². The van der Waals surface area contributed by atoms with Crippen LogP contribution in [-0.4, -0.2) is 56.2 Å². The third-order valence-electron chi connectivity index (χ3n) is 3.87. The number of nitrogens with zero attached hydrogens (tertiary/aromatic N) is 1. The Morgan fingerprint density at radius 1 is 1.22 bits per heavy atom. The Bertz CT molecular complexity index is 707. The zero-order chi connectivity index (χ0) is 20.0. The number of benzene rings is 1. The maximum Gasteiger partial charge on any atom is 0.411 e. The summed E-state index contributed by atoms with van der Waals surface area (Å²) in [6.45, 7) is 6.23. The van der Waals surface area contributed by atoms with Crippen LogP contribution in [0.15, 0.2) is 30.3 Å². The summed E-state index contributed by atoms with van der Waals surface area (Å²) >= 11 is 0. The van der Waals surface area contributed by atoms with Crippen molar-refractivity contribution >= 4 is 17.6 Å². The molecule has 1 aliphatic rings. The van der Waals surface area contributed by atoms with Gasteiger partial charge >= 0.3 is 12.1 Å². The lowest BCUT2D eigenvalue weighted by Crippen LogP contribution is -2.44. The Balaban J connectivity index is 2.21. The van der Waals surface area contributed by atoms with E-state index in [1.54, 1.807) is 34.0 Å². The van der Waals surface area contributed by atoms with E-state index in [-0.39, 0.29) is 13.3 Å². The molecule has 1 unspecified atom stereocenters. The highest BCUT2D eigenvalue weighted by Crippen LogP contribution is 2.28. The van der Waals surface area contributed by atoms with Gasteiger partial charge in [-0.25, -0.2) is 9.59 Å². The predicted molar refractivity (Wildman–Crippen MR) is 99.8 cm³/mol. The van der Waals surface area contributed by atoms with Gasteiger partial charge in [-0.05, 0) is 49.6 Å². The molecule has 7 nitrogen and oxygen atoms in total. The zero-order valence-electron chi connectivity index (χ0n) is 16.5. The Morgan fingerprint density at radius 3 is 2.59 bits per heavy atom. The van der Waals surface area contributed by atoms with Crippen molar-refractivity contribution in [3.63, 3.8) is 0 Å². The first-order valence-electron chi connectivity index (χ1n) is 8.69.